The van der Waals surface area contributed by atoms with Crippen LogP contribution in [0, 0.1) is 31.4 Å². The second-order valence-corrected chi connectivity index (χ2v) is 7.24. The van der Waals surface area contributed by atoms with Crippen LogP contribution in [0.2, 0.25) is 0 Å². The van der Waals surface area contributed by atoms with Gasteiger partial charge >= 0.3 is 0 Å². The van der Waals surface area contributed by atoms with Gasteiger partial charge in [0.25, 0.3) is 0 Å². The van der Waals surface area contributed by atoms with Gasteiger partial charge in [-0.2, -0.15) is 5.10 Å². The average Bonchev–Trinajstić information content (AvgIpc) is 2.82. The number of aromatic nitrogens is 2. The molecule has 148 valence electrons. The van der Waals surface area contributed by atoms with E-state index in [0.717, 1.165) is 17.0 Å². The molecule has 0 aliphatic heterocycles. The molecule has 2 unspecified atom stereocenters. The fourth-order valence-electron chi connectivity index (χ4n) is 3.26. The van der Waals surface area contributed by atoms with Gasteiger partial charge in [0.2, 0.25) is 5.91 Å². The van der Waals surface area contributed by atoms with E-state index in [1.54, 1.807) is 23.7 Å². The lowest BCUT2D eigenvalue weighted by Gasteiger charge is -2.26. The number of likely N-dealkylation sites (N-methyl/N-ethyl adjacent to an activating group) is 1. The summed E-state index contributed by atoms with van der Waals surface area (Å²) in [7, 11) is 5.34. The second-order valence-electron chi connectivity index (χ2n) is 7.24. The van der Waals surface area contributed by atoms with E-state index < -0.39 is 17.7 Å². The highest BCUT2D eigenvalue weighted by atomic mass is 19.1. The third-order valence-electron chi connectivity index (χ3n) is 5.04. The van der Waals surface area contributed by atoms with Gasteiger partial charge in [-0.1, -0.05) is 13.0 Å². The summed E-state index contributed by atoms with van der Waals surface area (Å²) in [5.41, 5.74) is 2.97. The molecule has 1 heterocycles. The Balaban J connectivity index is 2.07. The largest absolute Gasteiger partial charge is 0.354 e. The zero-order chi connectivity index (χ0) is 20.3. The zero-order valence-electron chi connectivity index (χ0n) is 16.8. The van der Waals surface area contributed by atoms with Crippen molar-refractivity contribution in [2.24, 2.45) is 13.0 Å². The van der Waals surface area contributed by atoms with Crippen LogP contribution in [0.1, 0.15) is 35.5 Å². The van der Waals surface area contributed by atoms with Crippen LogP contribution < -0.4 is 5.32 Å². The molecule has 2 aromatic rings. The highest BCUT2D eigenvalue weighted by Gasteiger charge is 2.24. The highest BCUT2D eigenvalue weighted by Crippen LogP contribution is 2.24. The van der Waals surface area contributed by atoms with E-state index in [-0.39, 0.29) is 23.9 Å². The number of aryl methyl sites for hydroxylation is 2. The predicted molar refractivity (Wildman–Crippen MR) is 101 cm³/mol. The summed E-state index contributed by atoms with van der Waals surface area (Å²) >= 11 is 0. The number of amides is 1. The number of hydrogen-bond donors (Lipinski definition) is 1. The number of nitrogens with one attached hydrogen (secondary N) is 1. The van der Waals surface area contributed by atoms with Gasteiger partial charge in [0.1, 0.15) is 11.6 Å². The molecule has 0 spiro atoms. The molecular weight excluding hydrogens is 350 g/mol. The minimum Gasteiger partial charge on any atom is -0.354 e. The molecule has 1 aromatic carbocycles. The maximum Gasteiger partial charge on any atom is 0.223 e. The van der Waals surface area contributed by atoms with Gasteiger partial charge in [0.15, 0.2) is 0 Å². The topological polar surface area (TPSA) is 50.2 Å². The molecule has 7 heteroatoms. The van der Waals surface area contributed by atoms with Crippen LogP contribution in [-0.4, -0.2) is 41.2 Å². The molecule has 1 aromatic heterocycles. The predicted octanol–water partition coefficient (Wildman–Crippen LogP) is 2.91. The molecule has 0 saturated carbocycles. The fraction of sp³-hybridized carbons (Fsp3) is 0.500. The number of carbonyl (C=O) groups is 1. The second kappa shape index (κ2) is 8.61. The molecule has 2 atom stereocenters. The van der Waals surface area contributed by atoms with Crippen molar-refractivity contribution in [3.8, 4) is 0 Å². The molecule has 0 radical (unpaired) electrons. The Bertz CT molecular complexity index is 796. The van der Waals surface area contributed by atoms with E-state index >= 15 is 0 Å². The Morgan fingerprint density at radius 3 is 2.33 bits per heavy atom. The normalized spacial score (nSPS) is 13.7. The number of halogens is 2. The van der Waals surface area contributed by atoms with Crippen LogP contribution in [0.15, 0.2) is 18.2 Å². The first-order valence-corrected chi connectivity index (χ1v) is 9.00. The van der Waals surface area contributed by atoms with Crippen molar-refractivity contribution >= 4 is 5.91 Å². The minimum atomic E-state index is -0.613. The Morgan fingerprint density at radius 1 is 1.26 bits per heavy atom. The molecule has 0 aliphatic rings. The summed E-state index contributed by atoms with van der Waals surface area (Å²) in [6, 6.07) is 3.20. The van der Waals surface area contributed by atoms with Crippen molar-refractivity contribution in [2.45, 2.75) is 33.2 Å². The summed E-state index contributed by atoms with van der Waals surface area (Å²) in [6.07, 6.45) is 0.567. The van der Waals surface area contributed by atoms with Crippen LogP contribution in [0.5, 0.6) is 0 Å². The first kappa shape index (κ1) is 21.0. The van der Waals surface area contributed by atoms with E-state index in [9.17, 15) is 13.6 Å². The van der Waals surface area contributed by atoms with E-state index in [1.165, 1.54) is 18.2 Å². The Kier molecular flexibility index (Phi) is 6.70. The highest BCUT2D eigenvalue weighted by molar-refractivity contribution is 5.78. The molecule has 27 heavy (non-hydrogen) atoms. The summed E-state index contributed by atoms with van der Waals surface area (Å²) in [5.74, 6) is -1.66. The van der Waals surface area contributed by atoms with Gasteiger partial charge in [-0.25, -0.2) is 8.78 Å². The van der Waals surface area contributed by atoms with Crippen LogP contribution >= 0.6 is 0 Å². The number of rotatable bonds is 7. The van der Waals surface area contributed by atoms with Crippen LogP contribution in [0.3, 0.4) is 0 Å². The molecule has 2 rings (SSSR count). The molecule has 0 bridgehead atoms. The number of carbonyl (C=O) groups excluding carboxylic acids is 1. The van der Waals surface area contributed by atoms with E-state index in [1.807, 2.05) is 27.8 Å². The molecule has 1 N–H and O–H groups in total. The van der Waals surface area contributed by atoms with Crippen LogP contribution in [0.4, 0.5) is 8.78 Å². The molecule has 0 saturated heterocycles. The monoisotopic (exact) mass is 378 g/mol. The lowest BCUT2D eigenvalue weighted by atomic mass is 9.98. The lowest BCUT2D eigenvalue weighted by molar-refractivity contribution is -0.124. The SMILES string of the molecule is Cc1nn(C)c(C)c1CC(C)C(=O)NCC(c1c(F)cccc1F)N(C)C. The standard InChI is InChI=1S/C20H28F2N4O/c1-12(10-15-13(2)24-26(6)14(15)3)20(27)23-11-18(25(4)5)19-16(21)8-7-9-17(19)22/h7-9,12,18H,10-11H2,1-6H3,(H,23,27). The van der Waals surface area contributed by atoms with Gasteiger partial charge in [-0.05, 0) is 52.1 Å². The maximum absolute atomic E-state index is 14.1. The third-order valence-corrected chi connectivity index (χ3v) is 5.04. The summed E-state index contributed by atoms with van der Waals surface area (Å²) in [4.78, 5) is 14.3. The molecule has 5 nitrogen and oxygen atoms in total. The van der Waals surface area contributed by atoms with Gasteiger partial charge in [0.05, 0.1) is 11.7 Å². The van der Waals surface area contributed by atoms with Gasteiger partial charge < -0.3 is 10.2 Å². The summed E-state index contributed by atoms with van der Waals surface area (Å²) in [5, 5.41) is 7.22. The Morgan fingerprint density at radius 2 is 1.85 bits per heavy atom. The molecule has 0 aliphatic carbocycles. The van der Waals surface area contributed by atoms with Gasteiger partial charge in [-0.15, -0.1) is 0 Å². The Hall–Kier alpha value is -2.28. The Labute approximate surface area is 159 Å². The van der Waals surface area contributed by atoms with Crippen molar-refractivity contribution in [1.29, 1.82) is 0 Å². The van der Waals surface area contributed by atoms with E-state index in [0.29, 0.717) is 6.42 Å². The maximum atomic E-state index is 14.1. The quantitative estimate of drug-likeness (QED) is 0.806. The van der Waals surface area contributed by atoms with Gasteiger partial charge in [-0.3, -0.25) is 9.48 Å². The van der Waals surface area contributed by atoms with Crippen molar-refractivity contribution in [3.63, 3.8) is 0 Å². The van der Waals surface area contributed by atoms with Crippen molar-refractivity contribution in [3.05, 3.63) is 52.3 Å². The summed E-state index contributed by atoms with van der Waals surface area (Å²) < 4.78 is 30.1. The van der Waals surface area contributed by atoms with Crippen molar-refractivity contribution in [2.75, 3.05) is 20.6 Å². The van der Waals surface area contributed by atoms with E-state index in [2.05, 4.69) is 10.4 Å². The first-order valence-electron chi connectivity index (χ1n) is 9.00. The molecule has 0 fully saturated rings. The van der Waals surface area contributed by atoms with Crippen LogP contribution in [-0.2, 0) is 18.3 Å². The molecule has 1 amide bonds. The minimum absolute atomic E-state index is 0.0330. The fourth-order valence-corrected chi connectivity index (χ4v) is 3.26. The first-order chi connectivity index (χ1) is 12.6. The van der Waals surface area contributed by atoms with Crippen LogP contribution in [0.25, 0.3) is 0 Å². The number of benzene rings is 1. The zero-order valence-corrected chi connectivity index (χ0v) is 16.8. The number of nitrogens with zero attached hydrogens (tertiary/aromatic N) is 3. The lowest BCUT2D eigenvalue weighted by Crippen LogP contribution is -2.38. The van der Waals surface area contributed by atoms with Gasteiger partial charge in [0, 0.05) is 30.8 Å². The van der Waals surface area contributed by atoms with Crippen molar-refractivity contribution < 1.29 is 13.6 Å². The average molecular weight is 378 g/mol. The molecular formula is C20H28F2N4O. The van der Waals surface area contributed by atoms with Crippen molar-refractivity contribution in [1.82, 2.24) is 20.0 Å². The van der Waals surface area contributed by atoms with E-state index in [4.69, 9.17) is 0 Å². The summed E-state index contributed by atoms with van der Waals surface area (Å²) in [6.45, 7) is 5.87. The smallest absolute Gasteiger partial charge is 0.223 e. The number of hydrogen-bond acceptors (Lipinski definition) is 3. The third kappa shape index (κ3) is 4.71.